The zero-order valence-electron chi connectivity index (χ0n) is 11.0. The molecule has 1 N–H and O–H groups in total. The fraction of sp³-hybridized carbons (Fsp3) is 0.154. The lowest BCUT2D eigenvalue weighted by Crippen LogP contribution is -2.15. The van der Waals surface area contributed by atoms with Gasteiger partial charge in [0, 0.05) is 4.47 Å². The van der Waals surface area contributed by atoms with E-state index < -0.39 is 16.0 Å². The molecule has 0 amide bonds. The molecule has 21 heavy (non-hydrogen) atoms. The summed E-state index contributed by atoms with van der Waals surface area (Å²) in [5.41, 5.74) is 0.209. The summed E-state index contributed by atoms with van der Waals surface area (Å²) in [4.78, 5) is 11.9. The highest BCUT2D eigenvalue weighted by atomic mass is 79.9. The number of hydrogen-bond donors (Lipinski definition) is 1. The number of ether oxygens (including phenoxy) is 1. The number of carbonyl (C=O) groups excluding carboxylic acids is 1. The molecule has 0 fully saturated rings. The van der Waals surface area contributed by atoms with Crippen molar-refractivity contribution in [3.8, 4) is 0 Å². The van der Waals surface area contributed by atoms with Crippen LogP contribution in [0, 0.1) is 0 Å². The van der Waals surface area contributed by atoms with Gasteiger partial charge in [-0.2, -0.15) is 0 Å². The van der Waals surface area contributed by atoms with E-state index in [4.69, 9.17) is 4.74 Å². The van der Waals surface area contributed by atoms with Gasteiger partial charge in [-0.1, -0.05) is 22.0 Å². The number of benzene rings is 1. The third kappa shape index (κ3) is 3.84. The van der Waals surface area contributed by atoms with Gasteiger partial charge in [0.05, 0.1) is 17.1 Å². The molecule has 1 aromatic carbocycles. The van der Waals surface area contributed by atoms with Crippen molar-refractivity contribution < 1.29 is 17.9 Å². The van der Waals surface area contributed by atoms with Crippen LogP contribution in [0.4, 0.5) is 5.00 Å². The number of anilines is 1. The second-order valence-electron chi connectivity index (χ2n) is 3.95. The molecule has 0 aliphatic rings. The summed E-state index contributed by atoms with van der Waals surface area (Å²) in [5.74, 6) is -0.550. The Morgan fingerprint density at radius 1 is 1.38 bits per heavy atom. The molecule has 1 heterocycles. The van der Waals surface area contributed by atoms with Gasteiger partial charge < -0.3 is 4.74 Å². The van der Waals surface area contributed by atoms with Gasteiger partial charge in [-0.15, -0.1) is 11.3 Å². The molecule has 8 heteroatoms. The monoisotopic (exact) mass is 389 g/mol. The Balaban J connectivity index is 2.30. The van der Waals surface area contributed by atoms with Crippen molar-refractivity contribution in [2.45, 2.75) is 11.8 Å². The first kappa shape index (κ1) is 16.0. The second-order valence-corrected chi connectivity index (χ2v) is 7.46. The third-order valence-corrected chi connectivity index (χ3v) is 5.29. The Morgan fingerprint density at radius 2 is 2.14 bits per heavy atom. The molecule has 0 aliphatic heterocycles. The normalized spacial score (nSPS) is 11.1. The fourth-order valence-corrected chi connectivity index (χ4v) is 4.28. The Morgan fingerprint density at radius 3 is 2.81 bits per heavy atom. The van der Waals surface area contributed by atoms with Crippen molar-refractivity contribution in [2.24, 2.45) is 0 Å². The minimum atomic E-state index is -3.75. The SMILES string of the molecule is CCOC(=O)c1ccsc1NS(=O)(=O)c1cccc(Br)c1. The van der Waals surface area contributed by atoms with Gasteiger partial charge in [-0.3, -0.25) is 4.72 Å². The van der Waals surface area contributed by atoms with Gasteiger partial charge in [-0.05, 0) is 36.6 Å². The van der Waals surface area contributed by atoms with Gasteiger partial charge >= 0.3 is 5.97 Å². The predicted molar refractivity (Wildman–Crippen MR) is 85.2 cm³/mol. The second kappa shape index (κ2) is 6.59. The number of hydrogen-bond acceptors (Lipinski definition) is 5. The van der Waals surface area contributed by atoms with Crippen LogP contribution in [-0.2, 0) is 14.8 Å². The van der Waals surface area contributed by atoms with Crippen LogP contribution in [0.3, 0.4) is 0 Å². The summed E-state index contributed by atoms with van der Waals surface area (Å²) in [7, 11) is -3.75. The van der Waals surface area contributed by atoms with E-state index in [0.29, 0.717) is 4.47 Å². The van der Waals surface area contributed by atoms with Gasteiger partial charge in [0.2, 0.25) is 0 Å². The minimum Gasteiger partial charge on any atom is -0.462 e. The molecule has 0 atom stereocenters. The number of esters is 1. The summed E-state index contributed by atoms with van der Waals surface area (Å²) in [6.07, 6.45) is 0. The van der Waals surface area contributed by atoms with Crippen molar-refractivity contribution in [2.75, 3.05) is 11.3 Å². The van der Waals surface area contributed by atoms with Crippen molar-refractivity contribution in [1.82, 2.24) is 0 Å². The van der Waals surface area contributed by atoms with E-state index >= 15 is 0 Å². The van der Waals surface area contributed by atoms with Crippen LogP contribution in [0.25, 0.3) is 0 Å². The standard InChI is InChI=1S/C13H12BrNO4S2/c1-2-19-13(16)11-6-7-20-12(11)15-21(17,18)10-5-3-4-9(14)8-10/h3-8,15H,2H2,1H3. The van der Waals surface area contributed by atoms with E-state index in [1.54, 1.807) is 24.4 Å². The van der Waals surface area contributed by atoms with Crippen LogP contribution >= 0.6 is 27.3 Å². The fourth-order valence-electron chi connectivity index (χ4n) is 1.57. The van der Waals surface area contributed by atoms with Crippen molar-refractivity contribution in [3.63, 3.8) is 0 Å². The molecule has 0 saturated heterocycles. The lowest BCUT2D eigenvalue weighted by molar-refractivity contribution is 0.0528. The molecule has 0 radical (unpaired) electrons. The van der Waals surface area contributed by atoms with Crippen molar-refractivity contribution in [1.29, 1.82) is 0 Å². The quantitative estimate of drug-likeness (QED) is 0.794. The van der Waals surface area contributed by atoms with Crippen molar-refractivity contribution >= 4 is 48.3 Å². The van der Waals surface area contributed by atoms with E-state index in [2.05, 4.69) is 20.7 Å². The van der Waals surface area contributed by atoms with Crippen LogP contribution in [0.15, 0.2) is 45.1 Å². The predicted octanol–water partition coefficient (Wildman–Crippen LogP) is 3.49. The topological polar surface area (TPSA) is 72.5 Å². The maximum atomic E-state index is 12.3. The highest BCUT2D eigenvalue weighted by Crippen LogP contribution is 2.27. The summed E-state index contributed by atoms with van der Waals surface area (Å²) in [6.45, 7) is 1.92. The first-order chi connectivity index (χ1) is 9.94. The first-order valence-electron chi connectivity index (χ1n) is 5.97. The molecule has 2 aromatic rings. The molecule has 0 unspecified atom stereocenters. The molecular weight excluding hydrogens is 378 g/mol. The lowest BCUT2D eigenvalue weighted by Gasteiger charge is -2.08. The average Bonchev–Trinajstić information content (AvgIpc) is 2.86. The molecular formula is C13H12BrNO4S2. The van der Waals surface area contributed by atoms with Crippen molar-refractivity contribution in [3.05, 3.63) is 45.7 Å². The summed E-state index contributed by atoms with van der Waals surface area (Å²) >= 11 is 4.35. The minimum absolute atomic E-state index is 0.111. The number of nitrogens with one attached hydrogen (secondary N) is 1. The maximum absolute atomic E-state index is 12.3. The smallest absolute Gasteiger partial charge is 0.341 e. The lowest BCUT2D eigenvalue weighted by atomic mass is 10.3. The van der Waals surface area contributed by atoms with Gasteiger partial charge in [0.25, 0.3) is 10.0 Å². The summed E-state index contributed by atoms with van der Waals surface area (Å²) < 4.78 is 32.6. The number of thiophene rings is 1. The number of carbonyl (C=O) groups is 1. The van der Waals surface area contributed by atoms with Gasteiger partial charge in [0.15, 0.2) is 0 Å². The zero-order chi connectivity index (χ0) is 15.5. The maximum Gasteiger partial charge on any atom is 0.341 e. The Bertz CT molecular complexity index is 755. The number of sulfonamides is 1. The van der Waals surface area contributed by atoms with Crippen LogP contribution < -0.4 is 4.72 Å². The van der Waals surface area contributed by atoms with Crippen LogP contribution in [0.1, 0.15) is 17.3 Å². The Kier molecular flexibility index (Phi) is 5.02. The Hall–Kier alpha value is -1.38. The van der Waals surface area contributed by atoms with Crippen LogP contribution in [-0.4, -0.2) is 21.0 Å². The highest BCUT2D eigenvalue weighted by molar-refractivity contribution is 9.10. The largest absolute Gasteiger partial charge is 0.462 e. The molecule has 112 valence electrons. The molecule has 5 nitrogen and oxygen atoms in total. The number of rotatable bonds is 5. The summed E-state index contributed by atoms with van der Waals surface area (Å²) in [5, 5.41) is 1.87. The van der Waals surface area contributed by atoms with E-state index in [9.17, 15) is 13.2 Å². The van der Waals surface area contributed by atoms with Crippen LogP contribution in [0.5, 0.6) is 0 Å². The molecule has 0 spiro atoms. The molecule has 0 bridgehead atoms. The first-order valence-corrected chi connectivity index (χ1v) is 9.12. The van der Waals surface area contributed by atoms with Gasteiger partial charge in [0.1, 0.15) is 5.00 Å². The summed E-state index contributed by atoms with van der Waals surface area (Å²) in [6, 6.07) is 7.85. The number of halogens is 1. The molecule has 0 saturated carbocycles. The van der Waals surface area contributed by atoms with Gasteiger partial charge in [-0.25, -0.2) is 13.2 Å². The third-order valence-electron chi connectivity index (χ3n) is 2.49. The Labute approximate surface area is 135 Å². The van der Waals surface area contributed by atoms with E-state index in [0.717, 1.165) is 11.3 Å². The van der Waals surface area contributed by atoms with E-state index in [1.165, 1.54) is 18.2 Å². The molecule has 0 aliphatic carbocycles. The zero-order valence-corrected chi connectivity index (χ0v) is 14.2. The highest BCUT2D eigenvalue weighted by Gasteiger charge is 2.20. The van der Waals surface area contributed by atoms with E-state index in [1.807, 2.05) is 0 Å². The van der Waals surface area contributed by atoms with Crippen LogP contribution in [0.2, 0.25) is 0 Å². The van der Waals surface area contributed by atoms with E-state index in [-0.39, 0.29) is 22.1 Å². The average molecular weight is 390 g/mol. The molecule has 2 rings (SSSR count). The molecule has 1 aromatic heterocycles.